The third-order valence-corrected chi connectivity index (χ3v) is 9.74. The van der Waals surface area contributed by atoms with Crippen LogP contribution in [0.15, 0.2) is 101 Å². The molecule has 4 aromatic carbocycles. The average Bonchev–Trinajstić information content (AvgIpc) is 3.65. The highest BCUT2D eigenvalue weighted by Crippen LogP contribution is 2.43. The summed E-state index contributed by atoms with van der Waals surface area (Å²) in [5.74, 6) is 1.35. The Balaban J connectivity index is 1.49. The molecular formula is C45H44N4O. The minimum Gasteiger partial charge on any atom is -0.437 e. The van der Waals surface area contributed by atoms with Crippen molar-refractivity contribution < 1.29 is 4.42 Å². The van der Waals surface area contributed by atoms with Gasteiger partial charge in [0.05, 0.1) is 27.8 Å². The molecule has 0 amide bonds. The molecule has 0 bridgehead atoms. The van der Waals surface area contributed by atoms with Gasteiger partial charge in [0, 0.05) is 27.5 Å². The molecule has 0 spiro atoms. The van der Waals surface area contributed by atoms with Crippen LogP contribution < -0.4 is 0 Å². The van der Waals surface area contributed by atoms with Crippen molar-refractivity contribution in [2.45, 2.75) is 73.6 Å². The van der Waals surface area contributed by atoms with E-state index in [1.54, 1.807) is 0 Å². The molecule has 0 aliphatic rings. The van der Waals surface area contributed by atoms with E-state index in [-0.39, 0.29) is 17.3 Å². The summed E-state index contributed by atoms with van der Waals surface area (Å²) in [6.45, 7) is 17.9. The van der Waals surface area contributed by atoms with Gasteiger partial charge in [0.1, 0.15) is 11.4 Å². The van der Waals surface area contributed by atoms with Crippen LogP contribution in [0.5, 0.6) is 0 Å². The second kappa shape index (κ2) is 11.9. The van der Waals surface area contributed by atoms with E-state index in [9.17, 15) is 0 Å². The second-order valence-corrected chi connectivity index (χ2v) is 15.6. The zero-order valence-electron chi connectivity index (χ0n) is 30.3. The van der Waals surface area contributed by atoms with E-state index in [4.69, 9.17) is 19.4 Å². The number of hydrogen-bond acceptors (Lipinski definition) is 4. The molecule has 0 saturated heterocycles. The fourth-order valence-electron chi connectivity index (χ4n) is 7.42. The molecule has 0 unspecified atom stereocenters. The zero-order valence-corrected chi connectivity index (χ0v) is 30.3. The summed E-state index contributed by atoms with van der Waals surface area (Å²) >= 11 is 0. The largest absolute Gasteiger partial charge is 0.437 e. The molecule has 8 rings (SSSR count). The van der Waals surface area contributed by atoms with Crippen LogP contribution in [-0.4, -0.2) is 19.5 Å². The van der Waals surface area contributed by atoms with Crippen molar-refractivity contribution in [3.63, 3.8) is 0 Å². The van der Waals surface area contributed by atoms with Gasteiger partial charge in [-0.15, -0.1) is 0 Å². The number of aromatic nitrogens is 4. The Morgan fingerprint density at radius 3 is 2.06 bits per heavy atom. The quantitative estimate of drug-likeness (QED) is 0.179. The van der Waals surface area contributed by atoms with Crippen molar-refractivity contribution in [3.8, 4) is 28.2 Å². The van der Waals surface area contributed by atoms with Gasteiger partial charge in [-0.2, -0.15) is 0 Å². The normalized spacial score (nSPS) is 12.4. The third kappa shape index (κ3) is 5.45. The van der Waals surface area contributed by atoms with Gasteiger partial charge in [0.2, 0.25) is 5.71 Å². The number of pyridine rings is 2. The number of rotatable bonds is 6. The van der Waals surface area contributed by atoms with Crippen molar-refractivity contribution in [1.82, 2.24) is 19.5 Å². The minimum absolute atomic E-state index is 0.122. The molecular weight excluding hydrogens is 613 g/mol. The van der Waals surface area contributed by atoms with Gasteiger partial charge in [0.25, 0.3) is 0 Å². The van der Waals surface area contributed by atoms with Gasteiger partial charge in [0.15, 0.2) is 0 Å². The lowest BCUT2D eigenvalue weighted by molar-refractivity contribution is 0.406. The summed E-state index contributed by atoms with van der Waals surface area (Å²) in [7, 11) is 0. The lowest BCUT2D eigenvalue weighted by atomic mass is 9.88. The number of hydrogen-bond donors (Lipinski definition) is 0. The van der Waals surface area contributed by atoms with Crippen LogP contribution >= 0.6 is 0 Å². The lowest BCUT2D eigenvalue weighted by Crippen LogP contribution is -2.10. The van der Waals surface area contributed by atoms with Gasteiger partial charge in [-0.25, -0.2) is 9.97 Å². The lowest BCUT2D eigenvalue weighted by Gasteiger charge is -2.24. The molecule has 0 atom stereocenters. The fraction of sp³-hybridized carbons (Fsp3) is 0.267. The Morgan fingerprint density at radius 2 is 1.36 bits per heavy atom. The van der Waals surface area contributed by atoms with Crippen LogP contribution in [0, 0.1) is 12.3 Å². The number of benzene rings is 4. The first-order valence-electron chi connectivity index (χ1n) is 17.8. The highest BCUT2D eigenvalue weighted by atomic mass is 16.3. The fourth-order valence-corrected chi connectivity index (χ4v) is 7.42. The molecule has 0 radical (unpaired) electrons. The Bertz CT molecular complexity index is 2530. The number of nitrogens with zero attached hydrogens (tertiary/aromatic N) is 4. The highest BCUT2D eigenvalue weighted by molar-refractivity contribution is 6.10. The Morgan fingerprint density at radius 1 is 0.660 bits per heavy atom. The summed E-state index contributed by atoms with van der Waals surface area (Å²) in [6.07, 6.45) is 0.873. The summed E-state index contributed by atoms with van der Waals surface area (Å²) in [4.78, 5) is 15.4. The van der Waals surface area contributed by atoms with Crippen molar-refractivity contribution >= 4 is 44.0 Å². The molecule has 8 aromatic rings. The molecule has 5 nitrogen and oxygen atoms in total. The van der Waals surface area contributed by atoms with Crippen LogP contribution in [0.4, 0.5) is 0 Å². The number of furan rings is 1. The van der Waals surface area contributed by atoms with Crippen LogP contribution in [0.3, 0.4) is 0 Å². The van der Waals surface area contributed by atoms with E-state index >= 15 is 0 Å². The van der Waals surface area contributed by atoms with Gasteiger partial charge in [-0.05, 0) is 107 Å². The Hall–Kier alpha value is -5.29. The summed E-state index contributed by atoms with van der Waals surface area (Å²) in [5, 5.41) is 3.14. The third-order valence-electron chi connectivity index (χ3n) is 9.74. The van der Waals surface area contributed by atoms with Crippen molar-refractivity contribution in [1.29, 1.82) is 0 Å². The predicted octanol–water partition coefficient (Wildman–Crippen LogP) is 12.3. The summed E-state index contributed by atoms with van der Waals surface area (Å²) in [5.41, 5.74) is 13.7. The molecule has 50 heavy (non-hydrogen) atoms. The summed E-state index contributed by atoms with van der Waals surface area (Å²) in [6, 6.07) is 34.7. The van der Waals surface area contributed by atoms with E-state index in [2.05, 4.69) is 150 Å². The zero-order chi connectivity index (χ0) is 34.9. The molecule has 250 valence electrons. The van der Waals surface area contributed by atoms with Gasteiger partial charge in [-0.1, -0.05) is 90.9 Å². The van der Waals surface area contributed by atoms with Gasteiger partial charge in [-0.3, -0.25) is 9.55 Å². The number of imidazole rings is 1. The number of fused-ring (bicyclic) bond motifs is 6. The first-order chi connectivity index (χ1) is 24.0. The SMILES string of the molecule is Cc1ccc2c(ccc3nc(-c4cccc5c4oc4nc(CC(C)(C)C)ccc45)n(-c4c(C(C)C)cc(-c5ccccc5)cc4C(C)C)c32)n1. The first kappa shape index (κ1) is 31.9. The smallest absolute Gasteiger partial charge is 0.227 e. The average molecular weight is 657 g/mol. The van der Waals surface area contributed by atoms with Crippen LogP contribution in [0.25, 0.3) is 72.2 Å². The van der Waals surface area contributed by atoms with E-state index in [0.29, 0.717) is 5.71 Å². The monoisotopic (exact) mass is 656 g/mol. The van der Waals surface area contributed by atoms with E-state index < -0.39 is 0 Å². The molecule has 0 aliphatic heterocycles. The summed E-state index contributed by atoms with van der Waals surface area (Å²) < 4.78 is 9.15. The van der Waals surface area contributed by atoms with Gasteiger partial charge >= 0.3 is 0 Å². The van der Waals surface area contributed by atoms with Crippen molar-refractivity contribution in [3.05, 3.63) is 120 Å². The Labute approximate surface area is 294 Å². The molecule has 5 heteroatoms. The molecule has 0 N–H and O–H groups in total. The van der Waals surface area contributed by atoms with Crippen LogP contribution in [-0.2, 0) is 6.42 Å². The maximum Gasteiger partial charge on any atom is 0.227 e. The maximum atomic E-state index is 6.74. The van der Waals surface area contributed by atoms with Crippen LogP contribution in [0.2, 0.25) is 0 Å². The molecule has 4 heterocycles. The molecule has 0 aliphatic carbocycles. The Kier molecular flexibility index (Phi) is 7.63. The molecule has 4 aromatic heterocycles. The van der Waals surface area contributed by atoms with E-state index in [1.807, 2.05) is 6.92 Å². The topological polar surface area (TPSA) is 56.7 Å². The van der Waals surface area contributed by atoms with Gasteiger partial charge < -0.3 is 4.42 Å². The standard InChI is InChI=1S/C45H44N4O/c1-26(2)36-23-30(29-13-10-9-11-14-29)24-37(27(3)4)40(36)49-41-34-19-17-28(5)46-38(34)21-22-39(41)48-43(49)35-16-12-15-32-33-20-18-31(25-45(6,7)8)47-44(33)50-42(32)35/h9-24,26-27H,25H2,1-8H3. The van der Waals surface area contributed by atoms with E-state index in [0.717, 1.165) is 67.5 Å². The predicted molar refractivity (Wildman–Crippen MR) is 208 cm³/mol. The highest BCUT2D eigenvalue weighted by Gasteiger charge is 2.27. The van der Waals surface area contributed by atoms with Crippen molar-refractivity contribution in [2.75, 3.05) is 0 Å². The number of aryl methyl sites for hydroxylation is 1. The second-order valence-electron chi connectivity index (χ2n) is 15.6. The number of para-hydroxylation sites is 1. The molecule has 0 saturated carbocycles. The van der Waals surface area contributed by atoms with E-state index in [1.165, 1.54) is 27.9 Å². The minimum atomic E-state index is 0.122. The van der Waals surface area contributed by atoms with Crippen molar-refractivity contribution in [2.24, 2.45) is 5.41 Å². The molecule has 0 fully saturated rings. The van der Waals surface area contributed by atoms with Crippen LogP contribution in [0.1, 0.15) is 82.8 Å². The maximum absolute atomic E-state index is 6.74. The first-order valence-corrected chi connectivity index (χ1v) is 17.8.